The van der Waals surface area contributed by atoms with Crippen molar-refractivity contribution in [3.8, 4) is 0 Å². The van der Waals surface area contributed by atoms with Gasteiger partial charge >= 0.3 is 0 Å². The average Bonchev–Trinajstić information content (AvgIpc) is 2.66. The molecular formula is C12H24N2. The maximum absolute atomic E-state index is 3.49. The molecule has 0 aliphatic carbocycles. The van der Waals surface area contributed by atoms with E-state index < -0.39 is 0 Å². The first kappa shape index (κ1) is 10.4. The largest absolute Gasteiger partial charge is 0.316 e. The van der Waals surface area contributed by atoms with E-state index in [1.165, 1.54) is 45.3 Å². The summed E-state index contributed by atoms with van der Waals surface area (Å²) in [6.45, 7) is 8.55. The molecule has 2 aliphatic rings. The van der Waals surface area contributed by atoms with E-state index in [-0.39, 0.29) is 0 Å². The Bertz CT molecular complexity index is 181. The summed E-state index contributed by atoms with van der Waals surface area (Å²) >= 11 is 0. The van der Waals surface area contributed by atoms with Gasteiger partial charge in [0.25, 0.3) is 0 Å². The van der Waals surface area contributed by atoms with E-state index in [4.69, 9.17) is 0 Å². The van der Waals surface area contributed by atoms with Crippen molar-refractivity contribution in [3.63, 3.8) is 0 Å². The van der Waals surface area contributed by atoms with Crippen LogP contribution in [0, 0.1) is 5.92 Å². The van der Waals surface area contributed by atoms with Gasteiger partial charge in [-0.2, -0.15) is 0 Å². The quantitative estimate of drug-likeness (QED) is 0.725. The number of nitrogens with zero attached hydrogens (tertiary/aromatic N) is 1. The van der Waals surface area contributed by atoms with Gasteiger partial charge < -0.3 is 5.32 Å². The first-order chi connectivity index (χ1) is 6.83. The van der Waals surface area contributed by atoms with E-state index in [9.17, 15) is 0 Å². The van der Waals surface area contributed by atoms with Crippen molar-refractivity contribution in [1.29, 1.82) is 0 Å². The van der Waals surface area contributed by atoms with Gasteiger partial charge in [0.2, 0.25) is 0 Å². The minimum absolute atomic E-state index is 0.843. The van der Waals surface area contributed by atoms with E-state index in [1.807, 2.05) is 0 Å². The van der Waals surface area contributed by atoms with Gasteiger partial charge in [-0.3, -0.25) is 4.90 Å². The molecular weight excluding hydrogens is 172 g/mol. The summed E-state index contributed by atoms with van der Waals surface area (Å²) in [7, 11) is 0. The Balaban J connectivity index is 1.97. The molecule has 2 nitrogen and oxygen atoms in total. The van der Waals surface area contributed by atoms with Gasteiger partial charge in [0.05, 0.1) is 0 Å². The number of nitrogens with one attached hydrogen (secondary N) is 1. The van der Waals surface area contributed by atoms with E-state index in [0.717, 1.165) is 18.0 Å². The summed E-state index contributed by atoms with van der Waals surface area (Å²) in [5, 5.41) is 3.49. The van der Waals surface area contributed by atoms with Crippen LogP contribution < -0.4 is 5.32 Å². The fourth-order valence-electron chi connectivity index (χ4n) is 3.23. The van der Waals surface area contributed by atoms with Gasteiger partial charge in [0, 0.05) is 12.1 Å². The van der Waals surface area contributed by atoms with Crippen LogP contribution in [0.5, 0.6) is 0 Å². The predicted molar refractivity (Wildman–Crippen MR) is 60.5 cm³/mol. The molecule has 2 aliphatic heterocycles. The highest BCUT2D eigenvalue weighted by Crippen LogP contribution is 2.28. The lowest BCUT2D eigenvalue weighted by molar-refractivity contribution is 0.105. The molecule has 3 unspecified atom stereocenters. The van der Waals surface area contributed by atoms with E-state index >= 15 is 0 Å². The van der Waals surface area contributed by atoms with Crippen LogP contribution in [-0.4, -0.2) is 36.6 Å². The van der Waals surface area contributed by atoms with Crippen molar-refractivity contribution in [2.75, 3.05) is 19.6 Å². The molecule has 0 bridgehead atoms. The molecule has 0 aromatic carbocycles. The Morgan fingerprint density at radius 3 is 2.93 bits per heavy atom. The topological polar surface area (TPSA) is 15.3 Å². The van der Waals surface area contributed by atoms with Crippen molar-refractivity contribution in [1.82, 2.24) is 10.2 Å². The molecule has 2 heterocycles. The van der Waals surface area contributed by atoms with Crippen LogP contribution in [0.15, 0.2) is 0 Å². The van der Waals surface area contributed by atoms with E-state index in [1.54, 1.807) is 0 Å². The highest BCUT2D eigenvalue weighted by Gasteiger charge is 2.33. The molecule has 2 saturated heterocycles. The molecule has 0 spiro atoms. The second-order valence-electron chi connectivity index (χ2n) is 4.98. The SMILES string of the molecule is CCC1CCCN1C1CCNCC1C. The van der Waals surface area contributed by atoms with E-state index in [0.29, 0.717) is 0 Å². The van der Waals surface area contributed by atoms with Crippen molar-refractivity contribution in [3.05, 3.63) is 0 Å². The number of rotatable bonds is 2. The lowest BCUT2D eigenvalue weighted by Crippen LogP contribution is -2.50. The van der Waals surface area contributed by atoms with E-state index in [2.05, 4.69) is 24.1 Å². The maximum Gasteiger partial charge on any atom is 0.0148 e. The van der Waals surface area contributed by atoms with Crippen LogP contribution in [0.4, 0.5) is 0 Å². The van der Waals surface area contributed by atoms with Crippen LogP contribution >= 0.6 is 0 Å². The minimum Gasteiger partial charge on any atom is -0.316 e. The normalized spacial score (nSPS) is 40.3. The van der Waals surface area contributed by atoms with Crippen molar-refractivity contribution >= 4 is 0 Å². The van der Waals surface area contributed by atoms with Crippen LogP contribution in [0.2, 0.25) is 0 Å². The highest BCUT2D eigenvalue weighted by molar-refractivity contribution is 4.89. The molecule has 2 rings (SSSR count). The summed E-state index contributed by atoms with van der Waals surface area (Å²) in [5.74, 6) is 0.843. The van der Waals surface area contributed by atoms with Gasteiger partial charge in [0.15, 0.2) is 0 Å². The molecule has 1 N–H and O–H groups in total. The minimum atomic E-state index is 0.843. The molecule has 3 atom stereocenters. The Kier molecular flexibility index (Phi) is 3.45. The zero-order chi connectivity index (χ0) is 9.97. The molecule has 0 aromatic heterocycles. The highest BCUT2D eigenvalue weighted by atomic mass is 15.2. The smallest absolute Gasteiger partial charge is 0.0148 e. The number of hydrogen-bond donors (Lipinski definition) is 1. The van der Waals surface area contributed by atoms with Crippen LogP contribution in [0.25, 0.3) is 0 Å². The molecule has 0 aromatic rings. The summed E-state index contributed by atoms with van der Waals surface area (Å²) in [4.78, 5) is 2.80. The maximum atomic E-state index is 3.49. The van der Waals surface area contributed by atoms with Gasteiger partial charge in [-0.1, -0.05) is 13.8 Å². The first-order valence-corrected chi connectivity index (χ1v) is 6.29. The third kappa shape index (κ3) is 1.96. The molecule has 2 fully saturated rings. The van der Waals surface area contributed by atoms with Crippen LogP contribution in [0.3, 0.4) is 0 Å². The molecule has 2 heteroatoms. The zero-order valence-electron chi connectivity index (χ0n) is 9.63. The zero-order valence-corrected chi connectivity index (χ0v) is 9.63. The van der Waals surface area contributed by atoms with Crippen molar-refractivity contribution in [2.45, 2.75) is 51.6 Å². The van der Waals surface area contributed by atoms with Gasteiger partial charge in [0.1, 0.15) is 0 Å². The van der Waals surface area contributed by atoms with Gasteiger partial charge in [-0.15, -0.1) is 0 Å². The fraction of sp³-hybridized carbons (Fsp3) is 1.00. The summed E-state index contributed by atoms with van der Waals surface area (Å²) in [5.41, 5.74) is 0. The van der Waals surface area contributed by atoms with Crippen molar-refractivity contribution in [2.24, 2.45) is 5.92 Å². The summed E-state index contributed by atoms with van der Waals surface area (Å²) < 4.78 is 0. The second-order valence-corrected chi connectivity index (χ2v) is 4.98. The van der Waals surface area contributed by atoms with Gasteiger partial charge in [-0.05, 0) is 51.2 Å². The Labute approximate surface area is 88.1 Å². The summed E-state index contributed by atoms with van der Waals surface area (Å²) in [6.07, 6.45) is 5.57. The lowest BCUT2D eigenvalue weighted by Gasteiger charge is -2.39. The average molecular weight is 196 g/mol. The van der Waals surface area contributed by atoms with Crippen LogP contribution in [0.1, 0.15) is 39.5 Å². The fourth-order valence-corrected chi connectivity index (χ4v) is 3.23. The lowest BCUT2D eigenvalue weighted by atomic mass is 9.93. The standard InChI is InChI=1S/C12H24N2/c1-3-11-5-4-8-14(11)12-6-7-13-9-10(12)2/h10-13H,3-9H2,1-2H3. The third-order valence-electron chi connectivity index (χ3n) is 4.06. The third-order valence-corrected chi connectivity index (χ3v) is 4.06. The number of piperidine rings is 1. The molecule has 0 radical (unpaired) electrons. The van der Waals surface area contributed by atoms with Gasteiger partial charge in [-0.25, -0.2) is 0 Å². The Morgan fingerprint density at radius 2 is 2.21 bits per heavy atom. The number of likely N-dealkylation sites (tertiary alicyclic amines) is 1. The van der Waals surface area contributed by atoms with Crippen LogP contribution in [-0.2, 0) is 0 Å². The first-order valence-electron chi connectivity index (χ1n) is 6.29. The second kappa shape index (κ2) is 4.63. The summed E-state index contributed by atoms with van der Waals surface area (Å²) in [6, 6.07) is 1.75. The number of hydrogen-bond acceptors (Lipinski definition) is 2. The monoisotopic (exact) mass is 196 g/mol. The predicted octanol–water partition coefficient (Wildman–Crippen LogP) is 1.86. The Hall–Kier alpha value is -0.0800. The molecule has 82 valence electrons. The molecule has 0 saturated carbocycles. The molecule has 0 amide bonds. The molecule has 14 heavy (non-hydrogen) atoms. The Morgan fingerprint density at radius 1 is 1.36 bits per heavy atom. The van der Waals surface area contributed by atoms with Crippen molar-refractivity contribution < 1.29 is 0 Å².